The number of carbonyl (C=O) groups excluding carboxylic acids is 1. The fourth-order valence-corrected chi connectivity index (χ4v) is 5.55. The minimum Gasteiger partial charge on any atom is -0.479 e. The Morgan fingerprint density at radius 3 is 2.71 bits per heavy atom. The predicted molar refractivity (Wildman–Crippen MR) is 120 cm³/mol. The van der Waals surface area contributed by atoms with E-state index >= 15 is 0 Å². The number of hydrogen-bond acceptors (Lipinski definition) is 7. The number of urea groups is 1. The van der Waals surface area contributed by atoms with E-state index in [0.29, 0.717) is 33.4 Å². The van der Waals surface area contributed by atoms with E-state index in [9.17, 15) is 4.79 Å². The second kappa shape index (κ2) is 8.76. The third kappa shape index (κ3) is 4.07. The van der Waals surface area contributed by atoms with Crippen molar-refractivity contribution in [2.45, 2.75) is 37.8 Å². The molecule has 2 aliphatic heterocycles. The van der Waals surface area contributed by atoms with E-state index in [0.717, 1.165) is 32.5 Å². The normalized spacial score (nSPS) is 20.3. The molecule has 1 aromatic carbocycles. The number of methoxy groups -OCH3 is 1. The molecule has 2 aliphatic rings. The van der Waals surface area contributed by atoms with Gasteiger partial charge in [0.2, 0.25) is 5.88 Å². The second-order valence-electron chi connectivity index (χ2n) is 8.01. The molecule has 2 saturated heterocycles. The maximum absolute atomic E-state index is 12.8. The number of rotatable bonds is 4. The zero-order valence-electron chi connectivity index (χ0n) is 17.5. The van der Waals surface area contributed by atoms with Gasteiger partial charge in [0.25, 0.3) is 0 Å². The Hall–Kier alpha value is -2.78. The summed E-state index contributed by atoms with van der Waals surface area (Å²) in [4.78, 5) is 30.8. The maximum atomic E-state index is 12.8. The van der Waals surface area contributed by atoms with Crippen LogP contribution in [0.2, 0.25) is 0 Å². The van der Waals surface area contributed by atoms with Crippen molar-refractivity contribution in [2.24, 2.45) is 0 Å². The van der Waals surface area contributed by atoms with Crippen LogP contribution in [0.25, 0.3) is 10.3 Å². The predicted octanol–water partition coefficient (Wildman–Crippen LogP) is 3.93. The van der Waals surface area contributed by atoms with Crippen molar-refractivity contribution in [2.75, 3.05) is 32.1 Å². The first-order valence-corrected chi connectivity index (χ1v) is 11.6. The van der Waals surface area contributed by atoms with E-state index in [-0.39, 0.29) is 6.03 Å². The molecular weight excluding hydrogens is 412 g/mol. The summed E-state index contributed by atoms with van der Waals surface area (Å²) in [5.74, 6) is 0.418. The maximum Gasteiger partial charge on any atom is 0.323 e. The van der Waals surface area contributed by atoms with Crippen molar-refractivity contribution in [3.63, 3.8) is 0 Å². The highest BCUT2D eigenvalue weighted by atomic mass is 32.1. The molecule has 8 nitrogen and oxygen atoms in total. The molecule has 9 heteroatoms. The van der Waals surface area contributed by atoms with E-state index < -0.39 is 0 Å². The molecule has 0 saturated carbocycles. The van der Waals surface area contributed by atoms with Crippen LogP contribution in [-0.2, 0) is 0 Å². The number of carbonyl (C=O) groups is 1. The number of benzene rings is 1. The standard InChI is InChI=1S/C22H26N6O2S/c1-30-19-18-20(24-14-23-19)31-21(25-18)26-22(29)27-12-9-16(10-13-27)28-11-5-8-17(28)15-6-3-2-4-7-15/h2-4,6-7,14,16-17H,5,8-13H2,1H3,(H,25,26,29). The molecule has 1 unspecified atom stereocenters. The van der Waals surface area contributed by atoms with E-state index in [1.54, 1.807) is 7.11 Å². The quantitative estimate of drug-likeness (QED) is 0.665. The van der Waals surface area contributed by atoms with Gasteiger partial charge in [-0.2, -0.15) is 4.98 Å². The molecule has 1 atom stereocenters. The molecule has 5 rings (SSSR count). The summed E-state index contributed by atoms with van der Waals surface area (Å²) in [6.07, 6.45) is 5.89. The molecule has 1 N–H and O–H groups in total. The van der Waals surface area contributed by atoms with Crippen molar-refractivity contribution in [1.29, 1.82) is 0 Å². The molecule has 0 spiro atoms. The lowest BCUT2D eigenvalue weighted by Crippen LogP contribution is -2.47. The fraction of sp³-hybridized carbons (Fsp3) is 0.455. The van der Waals surface area contributed by atoms with E-state index in [4.69, 9.17) is 4.74 Å². The van der Waals surface area contributed by atoms with Gasteiger partial charge in [-0.1, -0.05) is 41.7 Å². The molecule has 2 amide bonds. The number of aromatic nitrogens is 3. The average molecular weight is 439 g/mol. The van der Waals surface area contributed by atoms with Gasteiger partial charge in [-0.15, -0.1) is 0 Å². The number of likely N-dealkylation sites (tertiary alicyclic amines) is 2. The van der Waals surface area contributed by atoms with Crippen LogP contribution in [0.3, 0.4) is 0 Å². The van der Waals surface area contributed by atoms with Crippen molar-refractivity contribution >= 4 is 32.8 Å². The Bertz CT molecular complexity index is 1050. The topological polar surface area (TPSA) is 83.5 Å². The Kier molecular flexibility index (Phi) is 5.69. The Morgan fingerprint density at radius 2 is 1.94 bits per heavy atom. The zero-order chi connectivity index (χ0) is 21.2. The molecule has 0 radical (unpaired) electrons. The van der Waals surface area contributed by atoms with E-state index in [1.807, 2.05) is 4.90 Å². The van der Waals surface area contributed by atoms with Gasteiger partial charge in [-0.3, -0.25) is 10.2 Å². The first kappa shape index (κ1) is 20.1. The Labute approximate surface area is 185 Å². The van der Waals surface area contributed by atoms with Gasteiger partial charge in [0, 0.05) is 25.2 Å². The largest absolute Gasteiger partial charge is 0.479 e. The summed E-state index contributed by atoms with van der Waals surface area (Å²) in [5, 5.41) is 3.45. The van der Waals surface area contributed by atoms with Crippen molar-refractivity contribution < 1.29 is 9.53 Å². The van der Waals surface area contributed by atoms with Crippen LogP contribution >= 0.6 is 11.3 Å². The SMILES string of the molecule is COc1ncnc2sc(NC(=O)N3CCC(N4CCCC4c4ccccc4)CC3)nc12. The highest BCUT2D eigenvalue weighted by Crippen LogP contribution is 2.36. The molecule has 4 heterocycles. The first-order chi connectivity index (χ1) is 15.2. The molecular formula is C22H26N6O2S. The number of nitrogens with zero attached hydrogens (tertiary/aromatic N) is 5. The van der Waals surface area contributed by atoms with Crippen LogP contribution in [0.15, 0.2) is 36.7 Å². The number of ether oxygens (including phenoxy) is 1. The Morgan fingerprint density at radius 1 is 1.13 bits per heavy atom. The molecule has 162 valence electrons. The van der Waals surface area contributed by atoms with Crippen molar-refractivity contribution in [3.05, 3.63) is 42.2 Å². The summed E-state index contributed by atoms with van der Waals surface area (Å²) in [7, 11) is 1.55. The van der Waals surface area contributed by atoms with Gasteiger partial charge < -0.3 is 9.64 Å². The minimum absolute atomic E-state index is 0.106. The molecule has 0 aliphatic carbocycles. The molecule has 2 fully saturated rings. The van der Waals surface area contributed by atoms with E-state index in [1.165, 1.54) is 36.1 Å². The number of anilines is 1. The van der Waals surface area contributed by atoms with Crippen molar-refractivity contribution in [3.8, 4) is 5.88 Å². The van der Waals surface area contributed by atoms with Gasteiger partial charge in [0.1, 0.15) is 6.33 Å². The van der Waals surface area contributed by atoms with Gasteiger partial charge in [-0.05, 0) is 37.8 Å². The van der Waals surface area contributed by atoms with Gasteiger partial charge >= 0.3 is 6.03 Å². The van der Waals surface area contributed by atoms with Crippen LogP contribution in [0, 0.1) is 0 Å². The van der Waals surface area contributed by atoms with Gasteiger partial charge in [-0.25, -0.2) is 14.8 Å². The van der Waals surface area contributed by atoms with Gasteiger partial charge in [0.05, 0.1) is 7.11 Å². The molecule has 3 aromatic rings. The highest BCUT2D eigenvalue weighted by Gasteiger charge is 2.34. The zero-order valence-corrected chi connectivity index (χ0v) is 18.3. The lowest BCUT2D eigenvalue weighted by atomic mass is 9.99. The van der Waals surface area contributed by atoms with Crippen LogP contribution < -0.4 is 10.1 Å². The van der Waals surface area contributed by atoms with Crippen LogP contribution in [0.1, 0.15) is 37.3 Å². The minimum atomic E-state index is -0.106. The summed E-state index contributed by atoms with van der Waals surface area (Å²) in [6.45, 7) is 2.65. The number of nitrogens with one attached hydrogen (secondary N) is 1. The smallest absolute Gasteiger partial charge is 0.323 e. The third-order valence-electron chi connectivity index (χ3n) is 6.27. The highest BCUT2D eigenvalue weighted by molar-refractivity contribution is 7.22. The Balaban J connectivity index is 1.20. The molecule has 0 bridgehead atoms. The second-order valence-corrected chi connectivity index (χ2v) is 8.99. The lowest BCUT2D eigenvalue weighted by Gasteiger charge is -2.39. The monoisotopic (exact) mass is 438 g/mol. The van der Waals surface area contributed by atoms with Crippen molar-refractivity contribution in [1.82, 2.24) is 24.8 Å². The van der Waals surface area contributed by atoms with Crippen LogP contribution in [-0.4, -0.2) is 63.6 Å². The number of fused-ring (bicyclic) bond motifs is 1. The average Bonchev–Trinajstić information content (AvgIpc) is 3.46. The number of thiazole rings is 1. The van der Waals surface area contributed by atoms with Crippen LogP contribution in [0.5, 0.6) is 5.88 Å². The number of amides is 2. The molecule has 31 heavy (non-hydrogen) atoms. The summed E-state index contributed by atoms with van der Waals surface area (Å²) in [6, 6.07) is 11.7. The van der Waals surface area contributed by atoms with E-state index in [2.05, 4.69) is 55.5 Å². The summed E-state index contributed by atoms with van der Waals surface area (Å²) < 4.78 is 5.23. The lowest BCUT2D eigenvalue weighted by molar-refractivity contribution is 0.111. The number of hydrogen-bond donors (Lipinski definition) is 1. The first-order valence-electron chi connectivity index (χ1n) is 10.7. The fourth-order valence-electron chi connectivity index (χ4n) is 4.77. The third-order valence-corrected chi connectivity index (χ3v) is 7.15. The van der Waals surface area contributed by atoms with Gasteiger partial charge in [0.15, 0.2) is 15.5 Å². The summed E-state index contributed by atoms with van der Waals surface area (Å²) >= 11 is 1.33. The summed E-state index contributed by atoms with van der Waals surface area (Å²) in [5.41, 5.74) is 1.99. The molecule has 2 aromatic heterocycles. The number of piperidine rings is 1. The van der Waals surface area contributed by atoms with Crippen LogP contribution in [0.4, 0.5) is 9.93 Å².